The number of rotatable bonds is 8. The molecule has 0 aromatic heterocycles. The maximum absolute atomic E-state index is 12.0. The molecular formula is C23H19Cl2N3O3. The van der Waals surface area contributed by atoms with Gasteiger partial charge in [-0.25, -0.2) is 5.43 Å². The minimum Gasteiger partial charge on any atom is -0.489 e. The van der Waals surface area contributed by atoms with Crippen molar-refractivity contribution < 1.29 is 14.3 Å². The quantitative estimate of drug-likeness (QED) is 0.388. The summed E-state index contributed by atoms with van der Waals surface area (Å²) in [5.74, 6) is -0.134. The van der Waals surface area contributed by atoms with Crippen LogP contribution >= 0.6 is 23.2 Å². The molecule has 0 atom stereocenters. The highest BCUT2D eigenvalue weighted by Crippen LogP contribution is 2.15. The van der Waals surface area contributed by atoms with Crippen molar-refractivity contribution in [2.75, 3.05) is 6.54 Å². The Kier molecular flexibility index (Phi) is 8.04. The van der Waals surface area contributed by atoms with Crippen molar-refractivity contribution in [2.45, 2.75) is 6.61 Å². The van der Waals surface area contributed by atoms with E-state index in [4.69, 9.17) is 27.9 Å². The maximum Gasteiger partial charge on any atom is 0.259 e. The van der Waals surface area contributed by atoms with Gasteiger partial charge in [-0.2, -0.15) is 5.10 Å². The number of hydrogen-bond donors (Lipinski definition) is 2. The van der Waals surface area contributed by atoms with Gasteiger partial charge >= 0.3 is 0 Å². The molecule has 158 valence electrons. The van der Waals surface area contributed by atoms with E-state index in [0.29, 0.717) is 28.0 Å². The van der Waals surface area contributed by atoms with E-state index < -0.39 is 11.8 Å². The Morgan fingerprint density at radius 3 is 2.39 bits per heavy atom. The molecule has 0 saturated carbocycles. The fourth-order valence-electron chi connectivity index (χ4n) is 2.51. The van der Waals surface area contributed by atoms with Gasteiger partial charge in [0.2, 0.25) is 0 Å². The van der Waals surface area contributed by atoms with Gasteiger partial charge in [-0.1, -0.05) is 41.4 Å². The molecule has 0 saturated heterocycles. The molecule has 0 unspecified atom stereocenters. The fourth-order valence-corrected chi connectivity index (χ4v) is 2.82. The summed E-state index contributed by atoms with van der Waals surface area (Å²) in [6, 6.07) is 21.2. The molecule has 2 N–H and O–H groups in total. The van der Waals surface area contributed by atoms with Gasteiger partial charge in [-0.05, 0) is 65.7 Å². The first kappa shape index (κ1) is 22.3. The maximum atomic E-state index is 12.0. The average molecular weight is 456 g/mol. The number of carbonyl (C=O) groups is 2. The number of halogens is 2. The molecule has 6 nitrogen and oxygen atoms in total. The molecule has 2 amide bonds. The Labute approximate surface area is 189 Å². The number of carbonyl (C=O) groups excluding carboxylic acids is 2. The van der Waals surface area contributed by atoms with Crippen molar-refractivity contribution in [3.63, 3.8) is 0 Å². The summed E-state index contributed by atoms with van der Waals surface area (Å²) in [5, 5.41) is 7.52. The zero-order chi connectivity index (χ0) is 22.1. The van der Waals surface area contributed by atoms with Crippen molar-refractivity contribution in [3.05, 3.63) is 99.5 Å². The predicted molar refractivity (Wildman–Crippen MR) is 122 cm³/mol. The Morgan fingerprint density at radius 1 is 0.935 bits per heavy atom. The number of amides is 2. The molecule has 0 aliphatic rings. The monoisotopic (exact) mass is 455 g/mol. The summed E-state index contributed by atoms with van der Waals surface area (Å²) in [6.07, 6.45) is 1.50. The Balaban J connectivity index is 1.41. The lowest BCUT2D eigenvalue weighted by molar-refractivity contribution is -0.120. The third-order valence-electron chi connectivity index (χ3n) is 4.10. The van der Waals surface area contributed by atoms with Crippen molar-refractivity contribution in [3.8, 4) is 5.75 Å². The first-order valence-corrected chi connectivity index (χ1v) is 10.1. The van der Waals surface area contributed by atoms with E-state index in [2.05, 4.69) is 15.8 Å². The van der Waals surface area contributed by atoms with Crippen LogP contribution in [0.1, 0.15) is 21.5 Å². The van der Waals surface area contributed by atoms with Gasteiger partial charge in [-0.15, -0.1) is 0 Å². The summed E-state index contributed by atoms with van der Waals surface area (Å²) in [7, 11) is 0. The zero-order valence-corrected chi connectivity index (χ0v) is 17.9. The molecule has 0 aliphatic heterocycles. The van der Waals surface area contributed by atoms with E-state index in [1.54, 1.807) is 18.2 Å². The van der Waals surface area contributed by atoms with Crippen LogP contribution in [-0.2, 0) is 11.4 Å². The van der Waals surface area contributed by atoms with Crippen LogP contribution in [0.25, 0.3) is 0 Å². The third kappa shape index (κ3) is 7.44. The molecule has 0 fully saturated rings. The largest absolute Gasteiger partial charge is 0.489 e. The summed E-state index contributed by atoms with van der Waals surface area (Å²) >= 11 is 11.7. The van der Waals surface area contributed by atoms with Crippen molar-refractivity contribution >= 4 is 41.2 Å². The van der Waals surface area contributed by atoms with Gasteiger partial charge in [0.15, 0.2) is 0 Å². The molecule has 0 radical (unpaired) electrons. The topological polar surface area (TPSA) is 79.8 Å². The minimum absolute atomic E-state index is 0.208. The highest BCUT2D eigenvalue weighted by atomic mass is 35.5. The normalized spacial score (nSPS) is 10.6. The summed E-state index contributed by atoms with van der Waals surface area (Å²) < 4.78 is 5.72. The van der Waals surface area contributed by atoms with E-state index in [-0.39, 0.29) is 6.54 Å². The number of hydrogen-bond acceptors (Lipinski definition) is 4. The molecule has 3 aromatic carbocycles. The Morgan fingerprint density at radius 2 is 1.68 bits per heavy atom. The highest BCUT2D eigenvalue weighted by Gasteiger charge is 2.07. The van der Waals surface area contributed by atoms with Gasteiger partial charge in [0.25, 0.3) is 11.8 Å². The predicted octanol–water partition coefficient (Wildman–Crippen LogP) is 4.45. The molecule has 0 heterocycles. The number of ether oxygens (including phenoxy) is 1. The minimum atomic E-state index is -0.449. The fraction of sp³-hybridized carbons (Fsp3) is 0.0870. The molecule has 3 aromatic rings. The van der Waals surface area contributed by atoms with E-state index >= 15 is 0 Å². The van der Waals surface area contributed by atoms with Crippen molar-refractivity contribution in [1.29, 1.82) is 0 Å². The number of nitrogens with zero attached hydrogens (tertiary/aromatic N) is 1. The van der Waals surface area contributed by atoms with Crippen LogP contribution < -0.4 is 15.5 Å². The Bertz CT molecular complexity index is 1070. The Hall–Kier alpha value is -3.35. The lowest BCUT2D eigenvalue weighted by Crippen LogP contribution is -2.34. The number of benzene rings is 3. The average Bonchev–Trinajstić information content (AvgIpc) is 2.78. The molecule has 8 heteroatoms. The van der Waals surface area contributed by atoms with Crippen LogP contribution in [-0.4, -0.2) is 24.6 Å². The highest BCUT2D eigenvalue weighted by molar-refractivity contribution is 6.31. The molecular weight excluding hydrogens is 437 g/mol. The van der Waals surface area contributed by atoms with Gasteiger partial charge in [0.1, 0.15) is 12.4 Å². The van der Waals surface area contributed by atoms with Crippen LogP contribution in [0.2, 0.25) is 10.0 Å². The standard InChI is InChI=1S/C23H19Cl2N3O3/c24-19-8-4-17(5-9-19)15-31-21-10-6-16(7-11-21)13-27-28-22(29)14-26-23(30)18-2-1-3-20(25)12-18/h1-13H,14-15H2,(H,26,30)(H,28,29)/b27-13-. The van der Waals surface area contributed by atoms with Gasteiger partial charge in [0, 0.05) is 15.6 Å². The zero-order valence-electron chi connectivity index (χ0n) is 16.3. The lowest BCUT2D eigenvalue weighted by atomic mass is 10.2. The summed E-state index contributed by atoms with van der Waals surface area (Å²) in [5.41, 5.74) is 4.53. The summed E-state index contributed by atoms with van der Waals surface area (Å²) in [4.78, 5) is 23.8. The van der Waals surface area contributed by atoms with E-state index in [0.717, 1.165) is 11.1 Å². The third-order valence-corrected chi connectivity index (χ3v) is 4.59. The van der Waals surface area contributed by atoms with Crippen LogP contribution in [0, 0.1) is 0 Å². The second-order valence-corrected chi connectivity index (χ2v) is 7.34. The SMILES string of the molecule is O=C(CNC(=O)c1cccc(Cl)c1)N/N=C\c1ccc(OCc2ccc(Cl)cc2)cc1. The molecule has 0 spiro atoms. The van der Waals surface area contributed by atoms with E-state index in [1.807, 2.05) is 48.5 Å². The van der Waals surface area contributed by atoms with Crippen LogP contribution in [0.5, 0.6) is 5.75 Å². The van der Waals surface area contributed by atoms with E-state index in [1.165, 1.54) is 12.3 Å². The van der Waals surface area contributed by atoms with Crippen molar-refractivity contribution in [1.82, 2.24) is 10.7 Å². The van der Waals surface area contributed by atoms with Gasteiger partial charge < -0.3 is 10.1 Å². The van der Waals surface area contributed by atoms with Crippen LogP contribution in [0.3, 0.4) is 0 Å². The van der Waals surface area contributed by atoms with E-state index in [9.17, 15) is 9.59 Å². The van der Waals surface area contributed by atoms with Crippen LogP contribution in [0.4, 0.5) is 0 Å². The first-order chi connectivity index (χ1) is 15.0. The number of hydrazone groups is 1. The smallest absolute Gasteiger partial charge is 0.259 e. The second-order valence-electron chi connectivity index (χ2n) is 6.47. The van der Waals surface area contributed by atoms with Crippen molar-refractivity contribution in [2.24, 2.45) is 5.10 Å². The second kappa shape index (κ2) is 11.2. The van der Waals surface area contributed by atoms with Crippen LogP contribution in [0.15, 0.2) is 77.9 Å². The van der Waals surface area contributed by atoms with Gasteiger partial charge in [0.05, 0.1) is 12.8 Å². The molecule has 0 aliphatic carbocycles. The molecule has 31 heavy (non-hydrogen) atoms. The summed E-state index contributed by atoms with van der Waals surface area (Å²) in [6.45, 7) is 0.224. The molecule has 0 bridgehead atoms. The number of nitrogens with one attached hydrogen (secondary N) is 2. The van der Waals surface area contributed by atoms with Gasteiger partial charge in [-0.3, -0.25) is 9.59 Å². The first-order valence-electron chi connectivity index (χ1n) is 9.32. The molecule has 3 rings (SSSR count). The lowest BCUT2D eigenvalue weighted by Gasteiger charge is -2.06.